The van der Waals surface area contributed by atoms with Gasteiger partial charge in [0.2, 0.25) is 5.95 Å². The van der Waals surface area contributed by atoms with Gasteiger partial charge in [0.25, 0.3) is 5.91 Å². The van der Waals surface area contributed by atoms with Crippen LogP contribution in [0.3, 0.4) is 0 Å². The largest absolute Gasteiger partial charge is 0.396 e. The smallest absolute Gasteiger partial charge is 0.254 e. The molecule has 3 N–H and O–H groups in total. The molecular formula is C20H20FN5O. The van der Waals surface area contributed by atoms with Gasteiger partial charge >= 0.3 is 0 Å². The van der Waals surface area contributed by atoms with Gasteiger partial charge in [-0.2, -0.15) is 0 Å². The van der Waals surface area contributed by atoms with Gasteiger partial charge < -0.3 is 16.0 Å². The maximum Gasteiger partial charge on any atom is 0.254 e. The van der Waals surface area contributed by atoms with Gasteiger partial charge in [-0.25, -0.2) is 14.4 Å². The van der Waals surface area contributed by atoms with E-state index >= 15 is 0 Å². The van der Waals surface area contributed by atoms with Gasteiger partial charge in [0, 0.05) is 36.3 Å². The maximum atomic E-state index is 13.9. The van der Waals surface area contributed by atoms with Crippen LogP contribution in [0.5, 0.6) is 0 Å². The summed E-state index contributed by atoms with van der Waals surface area (Å²) in [4.78, 5) is 23.3. The lowest BCUT2D eigenvalue weighted by Crippen LogP contribution is -2.32. The molecule has 3 aromatic rings. The van der Waals surface area contributed by atoms with Crippen LogP contribution >= 0.6 is 0 Å². The molecule has 0 saturated carbocycles. The van der Waals surface area contributed by atoms with Crippen LogP contribution in [0.25, 0.3) is 10.9 Å². The van der Waals surface area contributed by atoms with Gasteiger partial charge in [0.1, 0.15) is 5.82 Å². The predicted molar refractivity (Wildman–Crippen MR) is 103 cm³/mol. The molecule has 1 atom stereocenters. The molecule has 7 heteroatoms. The number of nitrogen functional groups attached to an aromatic ring is 1. The van der Waals surface area contributed by atoms with Crippen molar-refractivity contribution in [3.63, 3.8) is 0 Å². The minimum Gasteiger partial charge on any atom is -0.396 e. The van der Waals surface area contributed by atoms with Gasteiger partial charge in [0.05, 0.1) is 11.2 Å². The third-order valence-corrected chi connectivity index (χ3v) is 4.88. The molecule has 27 heavy (non-hydrogen) atoms. The van der Waals surface area contributed by atoms with Crippen molar-refractivity contribution in [2.24, 2.45) is 0 Å². The van der Waals surface area contributed by atoms with Crippen LogP contribution in [0, 0.1) is 12.7 Å². The molecule has 138 valence electrons. The number of nitrogens with zero attached hydrogens (tertiary/aromatic N) is 3. The summed E-state index contributed by atoms with van der Waals surface area (Å²) >= 11 is 0. The molecule has 0 bridgehead atoms. The number of fused-ring (bicyclic) bond motifs is 1. The highest BCUT2D eigenvalue weighted by atomic mass is 19.1. The molecule has 2 aromatic carbocycles. The van der Waals surface area contributed by atoms with Crippen LogP contribution in [0.4, 0.5) is 16.0 Å². The first-order chi connectivity index (χ1) is 13.0. The number of hydrogen-bond donors (Lipinski definition) is 2. The molecule has 2 heterocycles. The number of anilines is 2. The van der Waals surface area contributed by atoms with Crippen LogP contribution in [0.2, 0.25) is 0 Å². The Bertz CT molecular complexity index is 999. The Kier molecular flexibility index (Phi) is 4.35. The summed E-state index contributed by atoms with van der Waals surface area (Å²) < 4.78 is 13.9. The quantitative estimate of drug-likeness (QED) is 0.697. The lowest BCUT2D eigenvalue weighted by atomic mass is 10.1. The van der Waals surface area contributed by atoms with E-state index in [0.29, 0.717) is 30.2 Å². The van der Waals surface area contributed by atoms with Crippen molar-refractivity contribution in [3.8, 4) is 0 Å². The Balaban J connectivity index is 1.45. The lowest BCUT2D eigenvalue weighted by Gasteiger charge is -2.18. The maximum absolute atomic E-state index is 13.9. The second-order valence-electron chi connectivity index (χ2n) is 6.82. The zero-order valence-corrected chi connectivity index (χ0v) is 14.9. The number of carbonyl (C=O) groups is 1. The highest BCUT2D eigenvalue weighted by molar-refractivity contribution is 5.95. The van der Waals surface area contributed by atoms with Crippen molar-refractivity contribution in [2.45, 2.75) is 19.4 Å². The van der Waals surface area contributed by atoms with E-state index in [4.69, 9.17) is 5.73 Å². The van der Waals surface area contributed by atoms with Crippen molar-refractivity contribution in [3.05, 3.63) is 59.5 Å². The number of aromatic nitrogens is 2. The first-order valence-corrected chi connectivity index (χ1v) is 8.84. The van der Waals surface area contributed by atoms with Crippen molar-refractivity contribution in [1.82, 2.24) is 14.9 Å². The van der Waals surface area contributed by atoms with Gasteiger partial charge in [0.15, 0.2) is 0 Å². The van der Waals surface area contributed by atoms with E-state index in [1.54, 1.807) is 24.1 Å². The van der Waals surface area contributed by atoms with E-state index in [1.807, 2.05) is 24.3 Å². The van der Waals surface area contributed by atoms with Crippen LogP contribution < -0.4 is 11.1 Å². The molecule has 0 radical (unpaired) electrons. The summed E-state index contributed by atoms with van der Waals surface area (Å²) in [5.41, 5.74) is 7.47. The van der Waals surface area contributed by atoms with Crippen LogP contribution in [0.1, 0.15) is 22.3 Å². The third kappa shape index (κ3) is 3.40. The Hall–Kier alpha value is -3.22. The second-order valence-corrected chi connectivity index (χ2v) is 6.82. The summed E-state index contributed by atoms with van der Waals surface area (Å²) in [6, 6.07) is 10.7. The standard InChI is InChI=1S/C20H20FN5O/c1-12-8-14(9-16(21)18(12)22)19(27)26-7-6-15(11-26)24-20-23-10-13-4-2-3-5-17(13)25-20/h2-5,8-10,15H,6-7,11,22H2,1H3,(H,23,24,25)/t15-/m1/s1. The van der Waals surface area contributed by atoms with Crippen LogP contribution in [-0.4, -0.2) is 39.9 Å². The first kappa shape index (κ1) is 17.2. The first-order valence-electron chi connectivity index (χ1n) is 8.84. The van der Waals surface area contributed by atoms with Gasteiger partial charge in [-0.3, -0.25) is 4.79 Å². The molecule has 0 spiro atoms. The number of nitrogens with two attached hydrogens (primary N) is 1. The zero-order valence-electron chi connectivity index (χ0n) is 14.9. The van der Waals surface area contributed by atoms with Crippen molar-refractivity contribution in [1.29, 1.82) is 0 Å². The number of nitrogens with one attached hydrogen (secondary N) is 1. The molecular weight excluding hydrogens is 345 g/mol. The molecule has 1 aliphatic rings. The zero-order chi connectivity index (χ0) is 19.0. The number of benzene rings is 2. The van der Waals surface area contributed by atoms with Gasteiger partial charge in [-0.1, -0.05) is 18.2 Å². The summed E-state index contributed by atoms with van der Waals surface area (Å²) in [7, 11) is 0. The molecule has 1 amide bonds. The number of para-hydroxylation sites is 1. The average molecular weight is 365 g/mol. The van der Waals surface area contributed by atoms with E-state index in [1.165, 1.54) is 6.07 Å². The fourth-order valence-corrected chi connectivity index (χ4v) is 3.35. The Morgan fingerprint density at radius 1 is 1.33 bits per heavy atom. The summed E-state index contributed by atoms with van der Waals surface area (Å²) in [5.74, 6) is -0.208. The molecule has 1 fully saturated rings. The SMILES string of the molecule is Cc1cc(C(=O)N2CC[C@@H](Nc3ncc4ccccc4n3)C2)cc(F)c1N. The minimum absolute atomic E-state index is 0.0508. The monoisotopic (exact) mass is 365 g/mol. The number of rotatable bonds is 3. The van der Waals surface area contributed by atoms with Crippen LogP contribution in [0.15, 0.2) is 42.6 Å². The molecule has 0 unspecified atom stereocenters. The molecule has 4 rings (SSSR count). The topological polar surface area (TPSA) is 84.1 Å². The number of amides is 1. The van der Waals surface area contributed by atoms with E-state index in [9.17, 15) is 9.18 Å². The Morgan fingerprint density at radius 2 is 2.15 bits per heavy atom. The van der Waals surface area contributed by atoms with Gasteiger partial charge in [-0.15, -0.1) is 0 Å². The number of hydrogen-bond acceptors (Lipinski definition) is 5. The van der Waals surface area contributed by atoms with E-state index in [0.717, 1.165) is 17.3 Å². The second kappa shape index (κ2) is 6.83. The number of carbonyl (C=O) groups excluding carboxylic acids is 1. The molecule has 6 nitrogen and oxygen atoms in total. The van der Waals surface area contributed by atoms with Gasteiger partial charge in [-0.05, 0) is 37.1 Å². The summed E-state index contributed by atoms with van der Waals surface area (Å²) in [6.07, 6.45) is 2.56. The number of likely N-dealkylation sites (tertiary alicyclic amines) is 1. The third-order valence-electron chi connectivity index (χ3n) is 4.88. The number of halogens is 1. The lowest BCUT2D eigenvalue weighted by molar-refractivity contribution is 0.0791. The number of aryl methyl sites for hydroxylation is 1. The van der Waals surface area contributed by atoms with E-state index in [2.05, 4.69) is 15.3 Å². The molecule has 1 aliphatic heterocycles. The van der Waals surface area contributed by atoms with E-state index < -0.39 is 5.82 Å². The van der Waals surface area contributed by atoms with E-state index in [-0.39, 0.29) is 17.6 Å². The molecule has 1 aromatic heterocycles. The fraction of sp³-hybridized carbons (Fsp3) is 0.250. The van der Waals surface area contributed by atoms with Crippen molar-refractivity contribution < 1.29 is 9.18 Å². The fourth-order valence-electron chi connectivity index (χ4n) is 3.35. The highest BCUT2D eigenvalue weighted by Gasteiger charge is 2.28. The van der Waals surface area contributed by atoms with Crippen LogP contribution in [-0.2, 0) is 0 Å². The highest BCUT2D eigenvalue weighted by Crippen LogP contribution is 2.22. The minimum atomic E-state index is -0.559. The summed E-state index contributed by atoms with van der Waals surface area (Å²) in [5, 5.41) is 4.27. The average Bonchev–Trinajstić information content (AvgIpc) is 3.13. The summed E-state index contributed by atoms with van der Waals surface area (Å²) in [6.45, 7) is 2.80. The Morgan fingerprint density at radius 3 is 2.96 bits per heavy atom. The predicted octanol–water partition coefficient (Wildman–Crippen LogP) is 2.99. The molecule has 1 saturated heterocycles. The Labute approximate surface area is 156 Å². The molecule has 0 aliphatic carbocycles. The van der Waals surface area contributed by atoms with Crippen molar-refractivity contribution >= 4 is 28.4 Å². The van der Waals surface area contributed by atoms with Crippen molar-refractivity contribution in [2.75, 3.05) is 24.1 Å². The normalized spacial score (nSPS) is 16.7.